The van der Waals surface area contributed by atoms with Gasteiger partial charge in [0.25, 0.3) is 0 Å². The number of carbonyl (C=O) groups is 1. The normalized spacial score (nSPS) is 14.3. The van der Waals surface area contributed by atoms with Gasteiger partial charge in [-0.15, -0.1) is 11.3 Å². The maximum Gasteiger partial charge on any atom is 0.169 e. The van der Waals surface area contributed by atoms with Gasteiger partial charge < -0.3 is 15.0 Å². The Morgan fingerprint density at radius 2 is 1.85 bits per heavy atom. The molecule has 194 valence electrons. The minimum absolute atomic E-state index is 0.0622. The number of piperidine rings is 1. The predicted octanol–water partition coefficient (Wildman–Crippen LogP) is 5.63. The summed E-state index contributed by atoms with van der Waals surface area (Å²) in [6.07, 6.45) is 11.2. The van der Waals surface area contributed by atoms with E-state index in [0.29, 0.717) is 0 Å². The summed E-state index contributed by atoms with van der Waals surface area (Å²) in [6.45, 7) is 3.53. The lowest BCUT2D eigenvalue weighted by atomic mass is 10.1. The van der Waals surface area contributed by atoms with Gasteiger partial charge in [-0.25, -0.2) is 0 Å². The lowest BCUT2D eigenvalue weighted by molar-refractivity contribution is 0.102. The van der Waals surface area contributed by atoms with Gasteiger partial charge in [-0.05, 0) is 63.2 Å². The van der Waals surface area contributed by atoms with Crippen LogP contribution in [-0.2, 0) is 0 Å². The molecule has 1 fully saturated rings. The van der Waals surface area contributed by atoms with Crippen molar-refractivity contribution < 1.29 is 9.53 Å². The summed E-state index contributed by atoms with van der Waals surface area (Å²) in [5.41, 5.74) is 6.06. The van der Waals surface area contributed by atoms with Crippen LogP contribution in [0, 0.1) is 0 Å². The fourth-order valence-electron chi connectivity index (χ4n) is 5.06. The maximum absolute atomic E-state index is 11.8. The maximum atomic E-state index is 11.8. The number of aromatic nitrogens is 6. The number of aromatic amines is 2. The third kappa shape index (κ3) is 4.47. The number of nitrogens with zero attached hydrogens (tertiary/aromatic N) is 4. The second-order valence-corrected chi connectivity index (χ2v) is 10.8. The fraction of sp³-hybridized carbons (Fsp3) is 0.207. The molecule has 1 aliphatic heterocycles. The third-order valence-electron chi connectivity index (χ3n) is 7.06. The first-order chi connectivity index (χ1) is 19.1. The molecular weight excluding hydrogens is 510 g/mol. The van der Waals surface area contributed by atoms with E-state index < -0.39 is 0 Å². The van der Waals surface area contributed by atoms with Crippen LogP contribution in [0.15, 0.2) is 61.3 Å². The van der Waals surface area contributed by atoms with Crippen LogP contribution in [0.25, 0.3) is 54.9 Å². The number of carbonyl (C=O) groups excluding carboxylic acids is 1. The van der Waals surface area contributed by atoms with Gasteiger partial charge in [-0.1, -0.05) is 0 Å². The molecule has 10 heteroatoms. The highest BCUT2D eigenvalue weighted by atomic mass is 32.1. The Bertz CT molecular complexity index is 1830. The number of hydrogen-bond donors (Lipinski definition) is 3. The van der Waals surface area contributed by atoms with E-state index in [-0.39, 0.29) is 11.9 Å². The summed E-state index contributed by atoms with van der Waals surface area (Å²) in [4.78, 5) is 30.6. The molecule has 39 heavy (non-hydrogen) atoms. The average molecular weight is 536 g/mol. The largest absolute Gasteiger partial charge is 0.489 e. The summed E-state index contributed by atoms with van der Waals surface area (Å²) < 4.78 is 6.20. The van der Waals surface area contributed by atoms with E-state index in [2.05, 4.69) is 41.5 Å². The summed E-state index contributed by atoms with van der Waals surface area (Å²) in [5.74, 6) is 0.818. The monoisotopic (exact) mass is 535 g/mol. The summed E-state index contributed by atoms with van der Waals surface area (Å²) in [5, 5.41) is 13.1. The second-order valence-electron chi connectivity index (χ2n) is 9.72. The minimum Gasteiger partial charge on any atom is -0.489 e. The van der Waals surface area contributed by atoms with Crippen molar-refractivity contribution in [2.24, 2.45) is 0 Å². The van der Waals surface area contributed by atoms with Crippen LogP contribution in [0.2, 0.25) is 0 Å². The Hall–Kier alpha value is -4.41. The molecule has 0 saturated carbocycles. The van der Waals surface area contributed by atoms with Crippen molar-refractivity contribution >= 4 is 38.9 Å². The van der Waals surface area contributed by atoms with Crippen LogP contribution in [0.3, 0.4) is 0 Å². The second kappa shape index (κ2) is 9.72. The smallest absolute Gasteiger partial charge is 0.169 e. The molecule has 0 aliphatic carbocycles. The molecule has 0 bridgehead atoms. The molecule has 6 aromatic rings. The van der Waals surface area contributed by atoms with Crippen molar-refractivity contribution in [2.45, 2.75) is 25.9 Å². The molecule has 3 N–H and O–H groups in total. The number of ketones is 1. The molecule has 0 atom stereocenters. The van der Waals surface area contributed by atoms with Gasteiger partial charge in [0.1, 0.15) is 17.5 Å². The molecule has 0 spiro atoms. The van der Waals surface area contributed by atoms with Crippen molar-refractivity contribution in [2.75, 3.05) is 13.1 Å². The molecule has 0 unspecified atom stereocenters. The van der Waals surface area contributed by atoms with E-state index in [9.17, 15) is 4.79 Å². The van der Waals surface area contributed by atoms with Gasteiger partial charge in [0.2, 0.25) is 0 Å². The van der Waals surface area contributed by atoms with E-state index in [1.807, 2.05) is 36.7 Å². The van der Waals surface area contributed by atoms with Crippen LogP contribution < -0.4 is 10.1 Å². The SMILES string of the molecule is CC(=O)c1ccc(-c2cncc3[nH]c(-c4n[nH]c5cnc(-c6cncc(OC7CCNCC7)c6)cc45)cc23)s1. The quantitative estimate of drug-likeness (QED) is 0.237. The van der Waals surface area contributed by atoms with Crippen LogP contribution >= 0.6 is 11.3 Å². The zero-order valence-corrected chi connectivity index (χ0v) is 22.0. The van der Waals surface area contributed by atoms with Gasteiger partial charge in [0.15, 0.2) is 5.78 Å². The third-order valence-corrected chi connectivity index (χ3v) is 8.28. The summed E-state index contributed by atoms with van der Waals surface area (Å²) in [7, 11) is 0. The molecule has 1 aliphatic rings. The topological polar surface area (TPSA) is 121 Å². The number of nitrogens with one attached hydrogen (secondary N) is 3. The number of H-pyrrole nitrogens is 2. The van der Waals surface area contributed by atoms with Gasteiger partial charge in [0.05, 0.1) is 45.9 Å². The molecular formula is C29H25N7O2S. The Balaban J connectivity index is 1.25. The number of thiophene rings is 1. The molecule has 7 rings (SSSR count). The molecule has 7 heterocycles. The molecule has 6 aromatic heterocycles. The molecule has 0 aromatic carbocycles. The van der Waals surface area contributed by atoms with Crippen molar-refractivity contribution in [3.8, 4) is 38.8 Å². The van der Waals surface area contributed by atoms with Crippen LogP contribution in [-0.4, -0.2) is 55.1 Å². The van der Waals surface area contributed by atoms with E-state index in [4.69, 9.17) is 4.74 Å². The predicted molar refractivity (Wildman–Crippen MR) is 152 cm³/mol. The summed E-state index contributed by atoms with van der Waals surface area (Å²) >= 11 is 1.48. The molecule has 1 saturated heterocycles. The standard InChI is InChI=1S/C29H25N7O2S/c1-16(37)27-2-3-28(39-27)22-13-32-14-25-20(22)9-24(34-25)29-21-10-23(33-15-26(21)35-36-29)17-8-19(12-31-11-17)38-18-4-6-30-7-5-18/h2-3,8-15,18,30,34H,4-7H2,1H3,(H,35,36). The molecule has 0 amide bonds. The van der Waals surface area contributed by atoms with Crippen molar-refractivity contribution in [3.63, 3.8) is 0 Å². The number of ether oxygens (including phenoxy) is 1. The number of hydrogen-bond acceptors (Lipinski definition) is 8. The van der Waals surface area contributed by atoms with Gasteiger partial charge in [0, 0.05) is 39.2 Å². The van der Waals surface area contributed by atoms with E-state index >= 15 is 0 Å². The highest BCUT2D eigenvalue weighted by Gasteiger charge is 2.18. The highest BCUT2D eigenvalue weighted by molar-refractivity contribution is 7.17. The van der Waals surface area contributed by atoms with Crippen molar-refractivity contribution in [1.82, 2.24) is 35.5 Å². The van der Waals surface area contributed by atoms with Crippen LogP contribution in [0.1, 0.15) is 29.4 Å². The first-order valence-electron chi connectivity index (χ1n) is 12.9. The van der Waals surface area contributed by atoms with Crippen molar-refractivity contribution in [1.29, 1.82) is 0 Å². The number of rotatable bonds is 6. The minimum atomic E-state index is 0.0622. The zero-order chi connectivity index (χ0) is 26.3. The number of Topliss-reactive ketones (excluding diaryl/α,β-unsaturated/α-hetero) is 1. The average Bonchev–Trinajstić information content (AvgIpc) is 3.71. The van der Waals surface area contributed by atoms with Gasteiger partial charge >= 0.3 is 0 Å². The molecule has 9 nitrogen and oxygen atoms in total. The Kier molecular flexibility index (Phi) is 5.90. The molecule has 0 radical (unpaired) electrons. The lowest BCUT2D eigenvalue weighted by Crippen LogP contribution is -2.34. The Morgan fingerprint density at radius 3 is 2.69 bits per heavy atom. The van der Waals surface area contributed by atoms with Gasteiger partial charge in [-0.2, -0.15) is 5.10 Å². The van der Waals surface area contributed by atoms with Crippen molar-refractivity contribution in [3.05, 3.63) is 66.2 Å². The van der Waals surface area contributed by atoms with Crippen LogP contribution in [0.4, 0.5) is 0 Å². The highest BCUT2D eigenvalue weighted by Crippen LogP contribution is 2.37. The number of fused-ring (bicyclic) bond motifs is 2. The van der Waals surface area contributed by atoms with E-state index in [1.54, 1.807) is 25.5 Å². The lowest BCUT2D eigenvalue weighted by Gasteiger charge is -2.23. The van der Waals surface area contributed by atoms with Crippen LogP contribution in [0.5, 0.6) is 5.75 Å². The van der Waals surface area contributed by atoms with E-state index in [1.165, 1.54) is 11.3 Å². The fourth-order valence-corrected chi connectivity index (χ4v) is 5.98. The first-order valence-corrected chi connectivity index (χ1v) is 13.7. The summed E-state index contributed by atoms with van der Waals surface area (Å²) in [6, 6.07) is 9.96. The van der Waals surface area contributed by atoms with Gasteiger partial charge in [-0.3, -0.25) is 24.8 Å². The first kappa shape index (κ1) is 23.7. The number of pyridine rings is 3. The Labute approximate surface area is 227 Å². The van der Waals surface area contributed by atoms with E-state index in [0.717, 1.165) is 91.4 Å². The zero-order valence-electron chi connectivity index (χ0n) is 21.2. The Morgan fingerprint density at radius 1 is 0.974 bits per heavy atom.